The first-order chi connectivity index (χ1) is 16.7. The van der Waals surface area contributed by atoms with Gasteiger partial charge in [-0.25, -0.2) is 0 Å². The molecular formula is C34H28. The molecule has 0 heteroatoms. The van der Waals surface area contributed by atoms with E-state index >= 15 is 0 Å². The van der Waals surface area contributed by atoms with E-state index in [1.54, 1.807) is 0 Å². The van der Waals surface area contributed by atoms with Crippen molar-refractivity contribution < 1.29 is 0 Å². The van der Waals surface area contributed by atoms with E-state index in [0.717, 1.165) is 44.5 Å². The molecule has 4 rings (SSSR count). The minimum atomic E-state index is 1.09. The van der Waals surface area contributed by atoms with E-state index in [1.165, 1.54) is 11.1 Å². The Bertz CT molecular complexity index is 1130. The van der Waals surface area contributed by atoms with E-state index in [0.29, 0.717) is 0 Å². The van der Waals surface area contributed by atoms with E-state index in [1.807, 2.05) is 24.3 Å². The highest BCUT2D eigenvalue weighted by Gasteiger charge is 2.16. The van der Waals surface area contributed by atoms with Crippen LogP contribution in [0.15, 0.2) is 123 Å². The van der Waals surface area contributed by atoms with E-state index in [-0.39, 0.29) is 0 Å². The van der Waals surface area contributed by atoms with Gasteiger partial charge in [-0.2, -0.15) is 0 Å². The van der Waals surface area contributed by atoms with Crippen LogP contribution in [0.4, 0.5) is 0 Å². The maximum absolute atomic E-state index is 3.91. The molecule has 0 bridgehead atoms. The molecule has 0 nitrogen and oxygen atoms in total. The van der Waals surface area contributed by atoms with Crippen LogP contribution in [0.25, 0.3) is 35.5 Å². The average molecular weight is 437 g/mol. The molecule has 0 spiro atoms. The third-order valence-corrected chi connectivity index (χ3v) is 5.99. The van der Waals surface area contributed by atoms with Crippen molar-refractivity contribution >= 4 is 35.5 Å². The molecule has 4 aromatic carbocycles. The topological polar surface area (TPSA) is 0 Å². The summed E-state index contributed by atoms with van der Waals surface area (Å²) >= 11 is 0. The maximum Gasteiger partial charge on any atom is -0.00268 e. The van der Waals surface area contributed by atoms with Crippen molar-refractivity contribution in [3.8, 4) is 0 Å². The summed E-state index contributed by atoms with van der Waals surface area (Å²) in [7, 11) is 0. The highest BCUT2D eigenvalue weighted by molar-refractivity contribution is 6.04. The first kappa shape index (κ1) is 22.8. The van der Waals surface area contributed by atoms with E-state index in [4.69, 9.17) is 0 Å². The molecule has 0 radical (unpaired) electrons. The van der Waals surface area contributed by atoms with E-state index < -0.39 is 0 Å². The van der Waals surface area contributed by atoms with Gasteiger partial charge in [-0.3, -0.25) is 0 Å². The van der Waals surface area contributed by atoms with Crippen LogP contribution >= 0.6 is 0 Å². The van der Waals surface area contributed by atoms with Crippen LogP contribution in [0.2, 0.25) is 0 Å². The summed E-state index contributed by atoms with van der Waals surface area (Å²) < 4.78 is 0. The molecule has 0 fully saturated rings. The minimum Gasteiger partial charge on any atom is -0.0985 e. The zero-order valence-electron chi connectivity index (χ0n) is 19.4. The number of rotatable bonds is 8. The first-order valence-corrected chi connectivity index (χ1v) is 11.3. The molecule has 0 saturated carbocycles. The normalized spacial score (nSPS) is 10.2. The van der Waals surface area contributed by atoms with Crippen LogP contribution in [0, 0.1) is 0 Å². The quantitative estimate of drug-likeness (QED) is 0.241. The van der Waals surface area contributed by atoms with E-state index in [9.17, 15) is 0 Å². The van der Waals surface area contributed by atoms with Crippen LogP contribution in [0.3, 0.4) is 0 Å². The van der Waals surface area contributed by atoms with Gasteiger partial charge in [0.25, 0.3) is 0 Å². The smallest absolute Gasteiger partial charge is 0.00268 e. The zero-order chi connectivity index (χ0) is 23.9. The van der Waals surface area contributed by atoms with Gasteiger partial charge in [-0.05, 0) is 55.7 Å². The minimum absolute atomic E-state index is 1.09. The van der Waals surface area contributed by atoms with Gasteiger partial charge in [0.2, 0.25) is 0 Å². The van der Waals surface area contributed by atoms with Crippen LogP contribution in [-0.4, -0.2) is 0 Å². The predicted octanol–water partition coefficient (Wildman–Crippen LogP) is 9.27. The highest BCUT2D eigenvalue weighted by Crippen LogP contribution is 2.37. The maximum atomic E-state index is 3.91. The molecule has 0 amide bonds. The van der Waals surface area contributed by atoms with Crippen molar-refractivity contribution in [3.05, 3.63) is 168 Å². The van der Waals surface area contributed by atoms with Gasteiger partial charge < -0.3 is 0 Å². The molecule has 0 aliphatic carbocycles. The lowest BCUT2D eigenvalue weighted by Crippen LogP contribution is -1.98. The summed E-state index contributed by atoms with van der Waals surface area (Å²) in [5.74, 6) is 0. The Balaban J connectivity index is 2.06. The van der Waals surface area contributed by atoms with Crippen molar-refractivity contribution in [2.24, 2.45) is 0 Å². The summed E-state index contributed by atoms with van der Waals surface area (Å²) in [5.41, 5.74) is 11.3. The molecule has 0 aliphatic rings. The van der Waals surface area contributed by atoms with Gasteiger partial charge in [-0.1, -0.05) is 148 Å². The highest BCUT2D eigenvalue weighted by atomic mass is 14.2. The lowest BCUT2D eigenvalue weighted by atomic mass is 9.85. The summed E-state index contributed by atoms with van der Waals surface area (Å²) in [6.07, 6.45) is 7.48. The van der Waals surface area contributed by atoms with Crippen molar-refractivity contribution in [1.82, 2.24) is 0 Å². The van der Waals surface area contributed by atoms with Gasteiger partial charge in [0.05, 0.1) is 0 Å². The fraction of sp³-hybridized carbons (Fsp3) is 0. The van der Waals surface area contributed by atoms with Crippen LogP contribution in [0.5, 0.6) is 0 Å². The zero-order valence-corrected chi connectivity index (χ0v) is 19.4. The first-order valence-electron chi connectivity index (χ1n) is 11.3. The van der Waals surface area contributed by atoms with Gasteiger partial charge in [0.1, 0.15) is 0 Å². The molecule has 0 aromatic heterocycles. The standard InChI is InChI=1S/C34H28/c1-5-25-9-17-29(18-10-25)33(30-19-11-26(6-2)12-20-30)34(31-21-13-27(7-3)14-22-31)32-23-15-28(8-4)16-24-32/h5-24H,1-4H2. The molecule has 164 valence electrons. The van der Waals surface area contributed by atoms with Crippen LogP contribution in [0.1, 0.15) is 44.5 Å². The SMILES string of the molecule is C=Cc1ccc(C(=C(c2ccc(C=C)cc2)c2ccc(C=C)cc2)c2ccc(C=C)cc2)cc1. The molecule has 0 atom stereocenters. The monoisotopic (exact) mass is 436 g/mol. The lowest BCUT2D eigenvalue weighted by Gasteiger charge is -2.19. The Labute approximate surface area is 203 Å². The van der Waals surface area contributed by atoms with Crippen molar-refractivity contribution in [3.63, 3.8) is 0 Å². The largest absolute Gasteiger partial charge is 0.0985 e. The molecule has 4 aromatic rings. The molecule has 0 heterocycles. The van der Waals surface area contributed by atoms with Gasteiger partial charge in [0.15, 0.2) is 0 Å². The van der Waals surface area contributed by atoms with Gasteiger partial charge in [-0.15, -0.1) is 0 Å². The van der Waals surface area contributed by atoms with Crippen LogP contribution in [-0.2, 0) is 0 Å². The molecule has 0 saturated heterocycles. The van der Waals surface area contributed by atoms with Crippen molar-refractivity contribution in [2.75, 3.05) is 0 Å². The number of hydrogen-bond donors (Lipinski definition) is 0. The summed E-state index contributed by atoms with van der Waals surface area (Å²) in [6.45, 7) is 15.6. The third-order valence-electron chi connectivity index (χ3n) is 5.99. The molecule has 34 heavy (non-hydrogen) atoms. The summed E-state index contributed by atoms with van der Waals surface area (Å²) in [5, 5.41) is 0. The second-order valence-electron chi connectivity index (χ2n) is 8.05. The lowest BCUT2D eigenvalue weighted by molar-refractivity contribution is 1.48. The summed E-state index contributed by atoms with van der Waals surface area (Å²) in [4.78, 5) is 0. The third kappa shape index (κ3) is 4.82. The molecule has 0 aliphatic heterocycles. The number of hydrogen-bond acceptors (Lipinski definition) is 0. The molecular weight excluding hydrogens is 408 g/mol. The Morgan fingerprint density at radius 2 is 0.500 bits per heavy atom. The Morgan fingerprint density at radius 3 is 0.647 bits per heavy atom. The fourth-order valence-corrected chi connectivity index (χ4v) is 4.05. The van der Waals surface area contributed by atoms with Crippen LogP contribution < -0.4 is 0 Å². The fourth-order valence-electron chi connectivity index (χ4n) is 4.05. The second kappa shape index (κ2) is 10.5. The van der Waals surface area contributed by atoms with Gasteiger partial charge in [0, 0.05) is 0 Å². The van der Waals surface area contributed by atoms with Crippen molar-refractivity contribution in [2.45, 2.75) is 0 Å². The van der Waals surface area contributed by atoms with E-state index in [2.05, 4.69) is 123 Å². The predicted molar refractivity (Wildman–Crippen MR) is 151 cm³/mol. The molecule has 0 N–H and O–H groups in total. The number of benzene rings is 4. The van der Waals surface area contributed by atoms with Crippen molar-refractivity contribution in [1.29, 1.82) is 0 Å². The Morgan fingerprint density at radius 1 is 0.324 bits per heavy atom. The Hall–Kier alpha value is -4.42. The molecule has 0 unspecified atom stereocenters. The average Bonchev–Trinajstić information content (AvgIpc) is 2.92. The van der Waals surface area contributed by atoms with Gasteiger partial charge >= 0.3 is 0 Å². The Kier molecular flexibility index (Phi) is 7.01. The second-order valence-corrected chi connectivity index (χ2v) is 8.05. The summed E-state index contributed by atoms with van der Waals surface area (Å²) in [6, 6.07) is 34.3.